The Morgan fingerprint density at radius 2 is 2.00 bits per heavy atom. The number of nitrogens with zero attached hydrogens (tertiary/aromatic N) is 5. The van der Waals surface area contributed by atoms with Crippen molar-refractivity contribution in [2.45, 2.75) is 13.8 Å². The second kappa shape index (κ2) is 7.81. The van der Waals surface area contributed by atoms with Crippen LogP contribution in [0.2, 0.25) is 5.02 Å². The number of aryl methyl sites for hydroxylation is 2. The van der Waals surface area contributed by atoms with Gasteiger partial charge in [0.05, 0.1) is 19.3 Å². The molecule has 0 spiro atoms. The van der Waals surface area contributed by atoms with Gasteiger partial charge in [-0.05, 0) is 38.1 Å². The number of halogens is 1. The number of likely N-dealkylation sites (N-methyl/N-ethyl adjacent to an activating group) is 1. The smallest absolute Gasteiger partial charge is 0.293 e. The largest absolute Gasteiger partial charge is 0.495 e. The SMILES string of the molecule is COc1ccc(Cl)cc1NC(=O)CN(C)C(=O)c1nc2nc(C)cc(C)n2n1. The minimum absolute atomic E-state index is 0.0307. The van der Waals surface area contributed by atoms with E-state index in [-0.39, 0.29) is 12.4 Å². The molecule has 0 bridgehead atoms. The van der Waals surface area contributed by atoms with E-state index in [0.29, 0.717) is 22.2 Å². The molecule has 0 saturated heterocycles. The summed E-state index contributed by atoms with van der Waals surface area (Å²) in [7, 11) is 2.98. The molecule has 0 radical (unpaired) electrons. The molecule has 0 aliphatic heterocycles. The second-order valence-corrected chi connectivity index (χ2v) is 6.68. The Morgan fingerprint density at radius 1 is 1.25 bits per heavy atom. The van der Waals surface area contributed by atoms with Crippen LogP contribution in [0.5, 0.6) is 5.75 Å². The van der Waals surface area contributed by atoms with Crippen LogP contribution in [0.4, 0.5) is 5.69 Å². The zero-order chi connectivity index (χ0) is 20.4. The molecule has 2 heterocycles. The molecule has 0 aliphatic rings. The molecule has 1 aromatic carbocycles. The van der Waals surface area contributed by atoms with Crippen LogP contribution in [0.1, 0.15) is 22.0 Å². The van der Waals surface area contributed by atoms with Crippen LogP contribution in [0, 0.1) is 13.8 Å². The predicted octanol–water partition coefficient (Wildman–Crippen LogP) is 2.11. The van der Waals surface area contributed by atoms with Crippen molar-refractivity contribution in [2.75, 3.05) is 26.0 Å². The summed E-state index contributed by atoms with van der Waals surface area (Å²) in [5, 5.41) is 7.32. The number of hydrogen-bond acceptors (Lipinski definition) is 6. The maximum Gasteiger partial charge on any atom is 0.293 e. The number of hydrogen-bond donors (Lipinski definition) is 1. The Kier molecular flexibility index (Phi) is 5.46. The van der Waals surface area contributed by atoms with Crippen LogP contribution in [0.3, 0.4) is 0 Å². The van der Waals surface area contributed by atoms with Crippen molar-refractivity contribution >= 4 is 34.9 Å². The first-order chi connectivity index (χ1) is 13.3. The lowest BCUT2D eigenvalue weighted by Crippen LogP contribution is -2.35. The van der Waals surface area contributed by atoms with Crippen LogP contribution in [-0.4, -0.2) is 57.0 Å². The van der Waals surface area contributed by atoms with Gasteiger partial charge in [-0.25, -0.2) is 9.50 Å². The quantitative estimate of drug-likeness (QED) is 0.701. The topological polar surface area (TPSA) is 102 Å². The molecule has 0 atom stereocenters. The van der Waals surface area contributed by atoms with Crippen LogP contribution < -0.4 is 10.1 Å². The number of amides is 2. The number of aromatic nitrogens is 4. The fourth-order valence-corrected chi connectivity index (χ4v) is 2.85. The first-order valence-corrected chi connectivity index (χ1v) is 8.76. The lowest BCUT2D eigenvalue weighted by Gasteiger charge is -2.16. The van der Waals surface area contributed by atoms with Crippen molar-refractivity contribution in [3.05, 3.63) is 46.5 Å². The van der Waals surface area contributed by atoms with Gasteiger partial charge in [0.2, 0.25) is 11.7 Å². The normalized spacial score (nSPS) is 10.8. The van der Waals surface area contributed by atoms with Gasteiger partial charge in [0.15, 0.2) is 0 Å². The average molecular weight is 403 g/mol. The monoisotopic (exact) mass is 402 g/mol. The van der Waals surface area contributed by atoms with Gasteiger partial charge in [0, 0.05) is 23.5 Å². The van der Waals surface area contributed by atoms with E-state index in [1.54, 1.807) is 18.2 Å². The molecule has 2 amide bonds. The lowest BCUT2D eigenvalue weighted by molar-refractivity contribution is -0.116. The van der Waals surface area contributed by atoms with Crippen LogP contribution >= 0.6 is 11.6 Å². The molecule has 2 aromatic heterocycles. The Labute approximate surface area is 166 Å². The Morgan fingerprint density at radius 3 is 2.71 bits per heavy atom. The zero-order valence-corrected chi connectivity index (χ0v) is 16.6. The highest BCUT2D eigenvalue weighted by atomic mass is 35.5. The lowest BCUT2D eigenvalue weighted by atomic mass is 10.3. The van der Waals surface area contributed by atoms with Crippen molar-refractivity contribution in [1.82, 2.24) is 24.5 Å². The van der Waals surface area contributed by atoms with E-state index in [2.05, 4.69) is 20.4 Å². The summed E-state index contributed by atoms with van der Waals surface area (Å²) in [4.78, 5) is 34.6. The van der Waals surface area contributed by atoms with E-state index in [4.69, 9.17) is 16.3 Å². The molecule has 1 N–H and O–H groups in total. The molecule has 10 heteroatoms. The van der Waals surface area contributed by atoms with E-state index >= 15 is 0 Å². The standard InChI is InChI=1S/C18H19ClN6O3/c1-10-7-11(2)25-18(20-10)22-16(23-25)17(27)24(3)9-15(26)21-13-8-12(19)5-6-14(13)28-4/h5-8H,9H2,1-4H3,(H,21,26). The molecule has 0 saturated carbocycles. The van der Waals surface area contributed by atoms with Crippen molar-refractivity contribution in [1.29, 1.82) is 0 Å². The molecule has 0 unspecified atom stereocenters. The number of carbonyl (C=O) groups is 2. The molecule has 9 nitrogen and oxygen atoms in total. The molecule has 3 aromatic rings. The van der Waals surface area contributed by atoms with Gasteiger partial charge in [-0.1, -0.05) is 11.6 Å². The zero-order valence-electron chi connectivity index (χ0n) is 15.9. The van der Waals surface area contributed by atoms with Crippen molar-refractivity contribution < 1.29 is 14.3 Å². The number of rotatable bonds is 5. The number of nitrogens with one attached hydrogen (secondary N) is 1. The fourth-order valence-electron chi connectivity index (χ4n) is 2.68. The van der Waals surface area contributed by atoms with E-state index in [9.17, 15) is 9.59 Å². The molecule has 0 fully saturated rings. The fraction of sp³-hybridized carbons (Fsp3) is 0.278. The maximum absolute atomic E-state index is 12.6. The van der Waals surface area contributed by atoms with E-state index in [1.165, 1.54) is 23.6 Å². The van der Waals surface area contributed by atoms with E-state index in [1.807, 2.05) is 19.9 Å². The molecular weight excluding hydrogens is 384 g/mol. The summed E-state index contributed by atoms with van der Waals surface area (Å²) in [5.41, 5.74) is 2.00. The van der Waals surface area contributed by atoms with Crippen LogP contribution in [0.15, 0.2) is 24.3 Å². The van der Waals surface area contributed by atoms with E-state index in [0.717, 1.165) is 11.4 Å². The van der Waals surface area contributed by atoms with Crippen molar-refractivity contribution in [2.24, 2.45) is 0 Å². The highest BCUT2D eigenvalue weighted by molar-refractivity contribution is 6.31. The first kappa shape index (κ1) is 19.6. The minimum atomic E-state index is -0.490. The third-order valence-corrected chi connectivity index (χ3v) is 4.21. The molecule has 0 aliphatic carbocycles. The summed E-state index contributed by atoms with van der Waals surface area (Å²) in [6.45, 7) is 3.49. The number of methoxy groups -OCH3 is 1. The van der Waals surface area contributed by atoms with Crippen LogP contribution in [-0.2, 0) is 4.79 Å². The number of ether oxygens (including phenoxy) is 1. The molecule has 146 valence electrons. The number of fused-ring (bicyclic) bond motifs is 1. The van der Waals surface area contributed by atoms with E-state index < -0.39 is 11.8 Å². The van der Waals surface area contributed by atoms with Gasteiger partial charge < -0.3 is 15.0 Å². The molecule has 3 rings (SSSR count). The highest BCUT2D eigenvalue weighted by Gasteiger charge is 2.21. The Balaban J connectivity index is 1.73. The first-order valence-electron chi connectivity index (χ1n) is 8.38. The number of anilines is 1. The van der Waals surface area contributed by atoms with Gasteiger partial charge in [-0.3, -0.25) is 9.59 Å². The summed E-state index contributed by atoms with van der Waals surface area (Å²) in [6, 6.07) is 6.70. The van der Waals surface area contributed by atoms with Crippen molar-refractivity contribution in [3.8, 4) is 5.75 Å². The van der Waals surface area contributed by atoms with Gasteiger partial charge in [0.1, 0.15) is 5.75 Å². The maximum atomic E-state index is 12.6. The number of benzene rings is 1. The predicted molar refractivity (Wildman–Crippen MR) is 104 cm³/mol. The Bertz CT molecular complexity index is 1060. The van der Waals surface area contributed by atoms with Gasteiger partial charge in [-0.2, -0.15) is 4.98 Å². The molecule has 28 heavy (non-hydrogen) atoms. The second-order valence-electron chi connectivity index (χ2n) is 6.24. The third-order valence-electron chi connectivity index (χ3n) is 3.97. The van der Waals surface area contributed by atoms with Gasteiger partial charge in [-0.15, -0.1) is 5.10 Å². The van der Waals surface area contributed by atoms with Gasteiger partial charge in [0.25, 0.3) is 11.7 Å². The summed E-state index contributed by atoms with van der Waals surface area (Å²) in [6.07, 6.45) is 0. The third kappa shape index (κ3) is 4.04. The van der Waals surface area contributed by atoms with Crippen molar-refractivity contribution in [3.63, 3.8) is 0 Å². The van der Waals surface area contributed by atoms with Crippen LogP contribution in [0.25, 0.3) is 5.78 Å². The Hall–Kier alpha value is -3.20. The minimum Gasteiger partial charge on any atom is -0.495 e. The summed E-state index contributed by atoms with van der Waals surface area (Å²) >= 11 is 5.96. The molecular formula is C18H19ClN6O3. The summed E-state index contributed by atoms with van der Waals surface area (Å²) in [5.74, 6) is -0.133. The average Bonchev–Trinajstić information content (AvgIpc) is 3.05. The van der Waals surface area contributed by atoms with Gasteiger partial charge >= 0.3 is 0 Å². The number of carbonyl (C=O) groups excluding carboxylic acids is 2. The highest BCUT2D eigenvalue weighted by Crippen LogP contribution is 2.27. The summed E-state index contributed by atoms with van der Waals surface area (Å²) < 4.78 is 6.68.